The average Bonchev–Trinajstić information content (AvgIpc) is 3.11. The molecule has 1 amide bonds. The molecule has 80 valence electrons. The fraction of sp³-hybridized carbons (Fsp3) is 0.462. The standard InChI is InChI=1S/C13H17NO/c1-3-10-4-6-11(7-5-10)13(15)14(2)12-8-9-12/h4-7,12H,3,8-9H2,1-2H3. The van der Waals surface area contributed by atoms with Crippen molar-refractivity contribution in [3.05, 3.63) is 35.4 Å². The molecule has 0 atom stereocenters. The second-order valence-corrected chi connectivity index (χ2v) is 4.20. The number of aryl methyl sites for hydroxylation is 1. The van der Waals surface area contributed by atoms with Crippen molar-refractivity contribution in [3.8, 4) is 0 Å². The lowest BCUT2D eigenvalue weighted by atomic mass is 10.1. The Balaban J connectivity index is 2.10. The van der Waals surface area contributed by atoms with Gasteiger partial charge in [-0.3, -0.25) is 4.79 Å². The number of nitrogens with zero attached hydrogens (tertiary/aromatic N) is 1. The van der Waals surface area contributed by atoms with Crippen LogP contribution in [0.5, 0.6) is 0 Å². The van der Waals surface area contributed by atoms with Crippen LogP contribution in [-0.4, -0.2) is 23.9 Å². The zero-order chi connectivity index (χ0) is 10.8. The highest BCUT2D eigenvalue weighted by Crippen LogP contribution is 2.26. The summed E-state index contributed by atoms with van der Waals surface area (Å²) in [5.41, 5.74) is 2.09. The molecule has 0 radical (unpaired) electrons. The summed E-state index contributed by atoms with van der Waals surface area (Å²) in [5.74, 6) is 0.153. The summed E-state index contributed by atoms with van der Waals surface area (Å²) >= 11 is 0. The van der Waals surface area contributed by atoms with E-state index in [0.29, 0.717) is 6.04 Å². The number of amides is 1. The van der Waals surface area contributed by atoms with Crippen LogP contribution in [-0.2, 0) is 6.42 Å². The van der Waals surface area contributed by atoms with E-state index >= 15 is 0 Å². The lowest BCUT2D eigenvalue weighted by molar-refractivity contribution is 0.0785. The summed E-state index contributed by atoms with van der Waals surface area (Å²) < 4.78 is 0. The van der Waals surface area contributed by atoms with E-state index < -0.39 is 0 Å². The molecule has 1 aliphatic carbocycles. The van der Waals surface area contributed by atoms with Crippen molar-refractivity contribution in [1.82, 2.24) is 4.90 Å². The van der Waals surface area contributed by atoms with Gasteiger partial charge in [-0.15, -0.1) is 0 Å². The molecule has 0 spiro atoms. The van der Waals surface area contributed by atoms with E-state index in [9.17, 15) is 4.79 Å². The molecule has 2 rings (SSSR count). The minimum atomic E-state index is 0.153. The van der Waals surface area contributed by atoms with Gasteiger partial charge in [0, 0.05) is 18.7 Å². The average molecular weight is 203 g/mol. The fourth-order valence-corrected chi connectivity index (χ4v) is 1.71. The van der Waals surface area contributed by atoms with Crippen LogP contribution in [0.2, 0.25) is 0 Å². The molecule has 1 saturated carbocycles. The number of benzene rings is 1. The zero-order valence-electron chi connectivity index (χ0n) is 9.36. The Labute approximate surface area is 90.9 Å². The number of hydrogen-bond acceptors (Lipinski definition) is 1. The smallest absolute Gasteiger partial charge is 0.253 e. The van der Waals surface area contributed by atoms with Crippen molar-refractivity contribution in [3.63, 3.8) is 0 Å². The Bertz CT molecular complexity index is 351. The van der Waals surface area contributed by atoms with Gasteiger partial charge >= 0.3 is 0 Å². The Morgan fingerprint density at radius 1 is 1.33 bits per heavy atom. The van der Waals surface area contributed by atoms with Crippen LogP contribution in [0.25, 0.3) is 0 Å². The van der Waals surface area contributed by atoms with E-state index in [4.69, 9.17) is 0 Å². The monoisotopic (exact) mass is 203 g/mol. The number of carbonyl (C=O) groups is 1. The van der Waals surface area contributed by atoms with Gasteiger partial charge in [-0.05, 0) is 37.0 Å². The van der Waals surface area contributed by atoms with Crippen LogP contribution in [0, 0.1) is 0 Å². The van der Waals surface area contributed by atoms with Crippen molar-refractivity contribution in [2.75, 3.05) is 7.05 Å². The molecular weight excluding hydrogens is 186 g/mol. The highest BCUT2D eigenvalue weighted by atomic mass is 16.2. The van der Waals surface area contributed by atoms with Crippen molar-refractivity contribution < 1.29 is 4.79 Å². The quantitative estimate of drug-likeness (QED) is 0.739. The first kappa shape index (κ1) is 10.2. The van der Waals surface area contributed by atoms with Crippen LogP contribution in [0.4, 0.5) is 0 Å². The second kappa shape index (κ2) is 4.05. The normalized spacial score (nSPS) is 15.1. The lowest BCUT2D eigenvalue weighted by Crippen LogP contribution is -2.28. The van der Waals surface area contributed by atoms with Crippen LogP contribution in [0.3, 0.4) is 0 Å². The number of hydrogen-bond donors (Lipinski definition) is 0. The van der Waals surface area contributed by atoms with E-state index in [1.807, 2.05) is 36.2 Å². The van der Waals surface area contributed by atoms with E-state index in [2.05, 4.69) is 6.92 Å². The molecule has 0 aliphatic heterocycles. The highest BCUT2D eigenvalue weighted by Gasteiger charge is 2.29. The number of rotatable bonds is 3. The highest BCUT2D eigenvalue weighted by molar-refractivity contribution is 5.94. The van der Waals surface area contributed by atoms with Gasteiger partial charge in [-0.2, -0.15) is 0 Å². The van der Waals surface area contributed by atoms with Crippen molar-refractivity contribution >= 4 is 5.91 Å². The van der Waals surface area contributed by atoms with Gasteiger partial charge < -0.3 is 4.90 Å². The molecule has 0 unspecified atom stereocenters. The summed E-state index contributed by atoms with van der Waals surface area (Å²) in [6, 6.07) is 8.42. The molecule has 0 bridgehead atoms. The van der Waals surface area contributed by atoms with Gasteiger partial charge in [-0.25, -0.2) is 0 Å². The van der Waals surface area contributed by atoms with Crippen LogP contribution in [0.1, 0.15) is 35.7 Å². The zero-order valence-corrected chi connectivity index (χ0v) is 9.36. The molecule has 0 saturated heterocycles. The second-order valence-electron chi connectivity index (χ2n) is 4.20. The van der Waals surface area contributed by atoms with Gasteiger partial charge in [0.2, 0.25) is 0 Å². The van der Waals surface area contributed by atoms with Gasteiger partial charge in [-0.1, -0.05) is 19.1 Å². The van der Waals surface area contributed by atoms with Gasteiger partial charge in [0.15, 0.2) is 0 Å². The molecule has 1 fully saturated rings. The van der Waals surface area contributed by atoms with Gasteiger partial charge in [0.25, 0.3) is 5.91 Å². The maximum Gasteiger partial charge on any atom is 0.253 e. The maximum absolute atomic E-state index is 12.0. The van der Waals surface area contributed by atoms with Gasteiger partial charge in [0.05, 0.1) is 0 Å². The Hall–Kier alpha value is -1.31. The SMILES string of the molecule is CCc1ccc(C(=O)N(C)C2CC2)cc1. The van der Waals surface area contributed by atoms with Crippen LogP contribution in [0.15, 0.2) is 24.3 Å². The van der Waals surface area contributed by atoms with Gasteiger partial charge in [0.1, 0.15) is 0 Å². The van der Waals surface area contributed by atoms with E-state index in [1.54, 1.807) is 0 Å². The fourth-order valence-electron chi connectivity index (χ4n) is 1.71. The minimum absolute atomic E-state index is 0.153. The Morgan fingerprint density at radius 2 is 1.93 bits per heavy atom. The van der Waals surface area contributed by atoms with E-state index in [1.165, 1.54) is 5.56 Å². The molecule has 0 aromatic heterocycles. The van der Waals surface area contributed by atoms with E-state index in [0.717, 1.165) is 24.8 Å². The minimum Gasteiger partial charge on any atom is -0.339 e. The molecule has 2 nitrogen and oxygen atoms in total. The topological polar surface area (TPSA) is 20.3 Å². The third-order valence-corrected chi connectivity index (χ3v) is 3.02. The van der Waals surface area contributed by atoms with Crippen molar-refractivity contribution in [2.24, 2.45) is 0 Å². The summed E-state index contributed by atoms with van der Waals surface area (Å²) in [4.78, 5) is 13.8. The first-order valence-corrected chi connectivity index (χ1v) is 5.58. The number of carbonyl (C=O) groups excluding carboxylic acids is 1. The van der Waals surface area contributed by atoms with Crippen LogP contribution >= 0.6 is 0 Å². The van der Waals surface area contributed by atoms with Crippen molar-refractivity contribution in [1.29, 1.82) is 0 Å². The predicted molar refractivity (Wildman–Crippen MR) is 60.9 cm³/mol. The first-order chi connectivity index (χ1) is 7.22. The summed E-state index contributed by atoms with van der Waals surface area (Å²) in [6.07, 6.45) is 3.34. The largest absolute Gasteiger partial charge is 0.339 e. The molecule has 1 aliphatic rings. The summed E-state index contributed by atoms with van der Waals surface area (Å²) in [7, 11) is 1.90. The third kappa shape index (κ3) is 2.20. The van der Waals surface area contributed by atoms with E-state index in [-0.39, 0.29) is 5.91 Å². The lowest BCUT2D eigenvalue weighted by Gasteiger charge is -2.16. The third-order valence-electron chi connectivity index (χ3n) is 3.02. The molecule has 0 heterocycles. The van der Waals surface area contributed by atoms with Crippen molar-refractivity contribution in [2.45, 2.75) is 32.2 Å². The Kier molecular flexibility index (Phi) is 2.76. The summed E-state index contributed by atoms with van der Waals surface area (Å²) in [6.45, 7) is 2.12. The first-order valence-electron chi connectivity index (χ1n) is 5.58. The predicted octanol–water partition coefficient (Wildman–Crippen LogP) is 2.48. The maximum atomic E-state index is 12.0. The molecule has 15 heavy (non-hydrogen) atoms. The van der Waals surface area contributed by atoms with Crippen LogP contribution < -0.4 is 0 Å². The Morgan fingerprint density at radius 3 is 2.40 bits per heavy atom. The molecule has 1 aromatic carbocycles. The molecule has 0 N–H and O–H groups in total. The summed E-state index contributed by atoms with van der Waals surface area (Å²) in [5, 5.41) is 0. The molecule has 1 aromatic rings. The molecular formula is C13H17NO. The molecule has 2 heteroatoms.